The molecule has 0 fully saturated rings. The fourth-order valence-electron chi connectivity index (χ4n) is 1.63. The zero-order valence-corrected chi connectivity index (χ0v) is 10.9. The fourth-order valence-corrected chi connectivity index (χ4v) is 1.63. The van der Waals surface area contributed by atoms with Crippen LogP contribution in [-0.2, 0) is 4.74 Å². The molecule has 0 saturated carbocycles. The van der Waals surface area contributed by atoms with Crippen molar-refractivity contribution in [3.63, 3.8) is 0 Å². The van der Waals surface area contributed by atoms with Crippen LogP contribution in [0.15, 0.2) is 66.7 Å². The molecule has 2 nitrogen and oxygen atoms in total. The lowest BCUT2D eigenvalue weighted by Crippen LogP contribution is -2.06. The molecule has 0 atom stereocenters. The largest absolute Gasteiger partial charge is 0.491 e. The lowest BCUT2D eigenvalue weighted by atomic mass is 10.2. The zero-order chi connectivity index (χ0) is 13.2. The van der Waals surface area contributed by atoms with Crippen LogP contribution in [0.1, 0.15) is 5.56 Å². The van der Waals surface area contributed by atoms with E-state index in [0.29, 0.717) is 19.8 Å². The molecule has 0 amide bonds. The van der Waals surface area contributed by atoms with Crippen molar-refractivity contribution in [3.05, 3.63) is 72.3 Å². The van der Waals surface area contributed by atoms with E-state index in [4.69, 9.17) is 9.47 Å². The van der Waals surface area contributed by atoms with Gasteiger partial charge in [-0.3, -0.25) is 0 Å². The van der Waals surface area contributed by atoms with Crippen molar-refractivity contribution in [2.45, 2.75) is 0 Å². The molecule has 2 rings (SSSR count). The Morgan fingerprint density at radius 1 is 0.789 bits per heavy atom. The summed E-state index contributed by atoms with van der Waals surface area (Å²) < 4.78 is 11.0. The topological polar surface area (TPSA) is 18.5 Å². The molecule has 0 aromatic heterocycles. The van der Waals surface area contributed by atoms with E-state index in [1.165, 1.54) is 5.56 Å². The van der Waals surface area contributed by atoms with E-state index in [1.807, 2.05) is 54.6 Å². The summed E-state index contributed by atoms with van der Waals surface area (Å²) in [5.74, 6) is 0.880. The molecule has 0 saturated heterocycles. The quantitative estimate of drug-likeness (QED) is 0.700. The van der Waals surface area contributed by atoms with E-state index in [1.54, 1.807) is 0 Å². The van der Waals surface area contributed by atoms with Crippen LogP contribution in [0.4, 0.5) is 0 Å². The van der Waals surface area contributed by atoms with Gasteiger partial charge >= 0.3 is 0 Å². The Morgan fingerprint density at radius 2 is 1.47 bits per heavy atom. The van der Waals surface area contributed by atoms with Crippen LogP contribution >= 0.6 is 0 Å². The minimum atomic E-state index is 0.573. The first-order valence-corrected chi connectivity index (χ1v) is 6.42. The Hall–Kier alpha value is -2.06. The molecule has 0 unspecified atom stereocenters. The highest BCUT2D eigenvalue weighted by atomic mass is 16.5. The first-order valence-electron chi connectivity index (χ1n) is 6.42. The van der Waals surface area contributed by atoms with Crippen LogP contribution < -0.4 is 4.74 Å². The van der Waals surface area contributed by atoms with Gasteiger partial charge in [-0.2, -0.15) is 0 Å². The first kappa shape index (κ1) is 13.4. The molecule has 98 valence electrons. The van der Waals surface area contributed by atoms with Gasteiger partial charge < -0.3 is 9.47 Å². The summed E-state index contributed by atoms with van der Waals surface area (Å²) in [5, 5.41) is 0. The number of hydrogen-bond acceptors (Lipinski definition) is 2. The van der Waals surface area contributed by atoms with Gasteiger partial charge in [0.25, 0.3) is 0 Å². The van der Waals surface area contributed by atoms with Crippen molar-refractivity contribution >= 4 is 6.08 Å². The molecule has 0 spiro atoms. The zero-order valence-electron chi connectivity index (χ0n) is 10.9. The van der Waals surface area contributed by atoms with Gasteiger partial charge in [-0.05, 0) is 17.7 Å². The van der Waals surface area contributed by atoms with Crippen molar-refractivity contribution in [1.29, 1.82) is 0 Å². The number of hydrogen-bond donors (Lipinski definition) is 0. The average molecular weight is 254 g/mol. The highest BCUT2D eigenvalue weighted by molar-refractivity contribution is 5.48. The number of para-hydroxylation sites is 1. The smallest absolute Gasteiger partial charge is 0.119 e. The lowest BCUT2D eigenvalue weighted by Gasteiger charge is -2.05. The Morgan fingerprint density at radius 3 is 2.21 bits per heavy atom. The highest BCUT2D eigenvalue weighted by Crippen LogP contribution is 2.07. The minimum Gasteiger partial charge on any atom is -0.491 e. The third-order valence-electron chi connectivity index (χ3n) is 2.56. The third-order valence-corrected chi connectivity index (χ3v) is 2.56. The lowest BCUT2D eigenvalue weighted by molar-refractivity contribution is 0.121. The standard InChI is InChI=1S/C17H18O2/c1-3-8-16(9-4-1)10-7-13-18-14-15-19-17-11-5-2-6-12-17/h1-12H,13-15H2. The highest BCUT2D eigenvalue weighted by Gasteiger charge is 1.91. The molecule has 0 radical (unpaired) electrons. The van der Waals surface area contributed by atoms with E-state index in [9.17, 15) is 0 Å². The van der Waals surface area contributed by atoms with E-state index in [2.05, 4.69) is 18.2 Å². The van der Waals surface area contributed by atoms with Crippen molar-refractivity contribution in [3.8, 4) is 5.75 Å². The molecule has 2 aromatic rings. The average Bonchev–Trinajstić information content (AvgIpc) is 2.48. The van der Waals surface area contributed by atoms with Gasteiger partial charge in [0, 0.05) is 0 Å². The Balaban J connectivity index is 1.56. The summed E-state index contributed by atoms with van der Waals surface area (Å²) in [4.78, 5) is 0. The van der Waals surface area contributed by atoms with Gasteiger partial charge in [0.2, 0.25) is 0 Å². The summed E-state index contributed by atoms with van der Waals surface area (Å²) in [7, 11) is 0. The van der Waals surface area contributed by atoms with Crippen molar-refractivity contribution in [2.24, 2.45) is 0 Å². The predicted molar refractivity (Wildman–Crippen MR) is 78.2 cm³/mol. The molecule has 2 aromatic carbocycles. The summed E-state index contributed by atoms with van der Waals surface area (Å²) in [6.07, 6.45) is 4.07. The summed E-state index contributed by atoms with van der Waals surface area (Å²) in [5.41, 5.74) is 1.19. The summed E-state index contributed by atoms with van der Waals surface area (Å²) >= 11 is 0. The molecule has 2 heteroatoms. The molecule has 19 heavy (non-hydrogen) atoms. The molecule has 0 bridgehead atoms. The number of benzene rings is 2. The maximum absolute atomic E-state index is 5.52. The van der Waals surface area contributed by atoms with E-state index in [-0.39, 0.29) is 0 Å². The maximum Gasteiger partial charge on any atom is 0.119 e. The molecule has 0 aliphatic heterocycles. The minimum absolute atomic E-state index is 0.573. The Labute approximate surface area is 114 Å². The van der Waals surface area contributed by atoms with Crippen molar-refractivity contribution < 1.29 is 9.47 Å². The second-order valence-corrected chi connectivity index (χ2v) is 4.05. The van der Waals surface area contributed by atoms with Crippen molar-refractivity contribution in [1.82, 2.24) is 0 Å². The normalized spacial score (nSPS) is 10.7. The van der Waals surface area contributed by atoms with Gasteiger partial charge in [-0.25, -0.2) is 0 Å². The van der Waals surface area contributed by atoms with Gasteiger partial charge in [0.05, 0.1) is 13.2 Å². The van der Waals surface area contributed by atoms with E-state index in [0.717, 1.165) is 5.75 Å². The molecule has 0 aliphatic rings. The monoisotopic (exact) mass is 254 g/mol. The maximum atomic E-state index is 5.52. The molecule has 0 heterocycles. The van der Waals surface area contributed by atoms with Gasteiger partial charge in [-0.1, -0.05) is 60.7 Å². The molecule has 0 aliphatic carbocycles. The Bertz CT molecular complexity index is 477. The SMILES string of the molecule is C(=Cc1ccccc1)COCCOc1ccccc1. The van der Waals surface area contributed by atoms with Crippen LogP contribution in [0.2, 0.25) is 0 Å². The van der Waals surface area contributed by atoms with Crippen LogP contribution in [0.3, 0.4) is 0 Å². The first-order chi connectivity index (χ1) is 9.45. The number of rotatable bonds is 7. The van der Waals surface area contributed by atoms with Gasteiger partial charge in [0.15, 0.2) is 0 Å². The van der Waals surface area contributed by atoms with Crippen LogP contribution in [0, 0.1) is 0 Å². The second-order valence-electron chi connectivity index (χ2n) is 4.05. The molecular weight excluding hydrogens is 236 g/mol. The van der Waals surface area contributed by atoms with E-state index >= 15 is 0 Å². The molecule has 0 N–H and O–H groups in total. The summed E-state index contributed by atoms with van der Waals surface area (Å²) in [6, 6.07) is 19.9. The number of ether oxygens (including phenoxy) is 2. The van der Waals surface area contributed by atoms with Crippen LogP contribution in [0.25, 0.3) is 6.08 Å². The Kier molecular flexibility index (Phi) is 5.71. The predicted octanol–water partition coefficient (Wildman–Crippen LogP) is 3.80. The van der Waals surface area contributed by atoms with Gasteiger partial charge in [0.1, 0.15) is 12.4 Å². The van der Waals surface area contributed by atoms with E-state index < -0.39 is 0 Å². The third kappa shape index (κ3) is 5.40. The fraction of sp³-hybridized carbons (Fsp3) is 0.176. The summed E-state index contributed by atoms with van der Waals surface area (Å²) in [6.45, 7) is 1.77. The van der Waals surface area contributed by atoms with Crippen LogP contribution in [-0.4, -0.2) is 19.8 Å². The van der Waals surface area contributed by atoms with Gasteiger partial charge in [-0.15, -0.1) is 0 Å². The molecular formula is C17H18O2. The van der Waals surface area contributed by atoms with Crippen LogP contribution in [0.5, 0.6) is 5.75 Å². The van der Waals surface area contributed by atoms with Crippen molar-refractivity contribution in [2.75, 3.05) is 19.8 Å². The second kappa shape index (κ2) is 8.11.